The predicted molar refractivity (Wildman–Crippen MR) is 62.7 cm³/mol. The standard InChI is InChI=1S/C13H13S/c1-11(12-7-5-6-8-12)14-13-9-3-2-4-10-13/h2-11H,1H3/q-1. The third-order valence-electron chi connectivity index (χ3n) is 2.21. The molecule has 0 nitrogen and oxygen atoms in total. The molecule has 0 heterocycles. The Morgan fingerprint density at radius 1 is 1.07 bits per heavy atom. The van der Waals surface area contributed by atoms with Crippen molar-refractivity contribution in [3.05, 3.63) is 60.2 Å². The van der Waals surface area contributed by atoms with E-state index in [1.54, 1.807) is 0 Å². The number of rotatable bonds is 3. The molecule has 0 aromatic heterocycles. The molecule has 72 valence electrons. The highest BCUT2D eigenvalue weighted by Gasteiger charge is 2.01. The third-order valence-corrected chi connectivity index (χ3v) is 3.38. The lowest BCUT2D eigenvalue weighted by Gasteiger charge is -2.12. The van der Waals surface area contributed by atoms with Crippen LogP contribution in [0.15, 0.2) is 59.5 Å². The summed E-state index contributed by atoms with van der Waals surface area (Å²) >= 11 is 1.90. The van der Waals surface area contributed by atoms with E-state index in [9.17, 15) is 0 Å². The minimum absolute atomic E-state index is 0.535. The molecule has 2 aromatic rings. The molecule has 1 heteroatoms. The molecule has 14 heavy (non-hydrogen) atoms. The molecule has 0 saturated carbocycles. The summed E-state index contributed by atoms with van der Waals surface area (Å²) in [6, 6.07) is 19.1. The third kappa shape index (κ3) is 2.24. The SMILES string of the molecule is CC(Sc1ccccc1)c1ccc[cH-]1. The minimum Gasteiger partial charge on any atom is -0.213 e. The van der Waals surface area contributed by atoms with E-state index in [2.05, 4.69) is 61.5 Å². The second-order valence-corrected chi connectivity index (χ2v) is 4.71. The molecule has 0 bridgehead atoms. The van der Waals surface area contributed by atoms with E-state index in [4.69, 9.17) is 0 Å². The van der Waals surface area contributed by atoms with Crippen molar-refractivity contribution in [3.8, 4) is 0 Å². The van der Waals surface area contributed by atoms with Crippen LogP contribution in [0.4, 0.5) is 0 Å². The van der Waals surface area contributed by atoms with Crippen molar-refractivity contribution in [1.82, 2.24) is 0 Å². The Bertz CT molecular complexity index is 361. The quantitative estimate of drug-likeness (QED) is 0.528. The summed E-state index contributed by atoms with van der Waals surface area (Å²) in [6.07, 6.45) is 0. The Kier molecular flexibility index (Phi) is 3.00. The summed E-state index contributed by atoms with van der Waals surface area (Å²) in [5, 5.41) is 0.535. The van der Waals surface area contributed by atoms with Gasteiger partial charge in [-0.15, -0.1) is 11.8 Å². The fraction of sp³-hybridized carbons (Fsp3) is 0.154. The Balaban J connectivity index is 2.06. The molecule has 2 aromatic carbocycles. The molecule has 0 aliphatic carbocycles. The van der Waals surface area contributed by atoms with E-state index in [-0.39, 0.29) is 0 Å². The van der Waals surface area contributed by atoms with Crippen molar-refractivity contribution >= 4 is 11.8 Å². The van der Waals surface area contributed by atoms with Gasteiger partial charge in [0, 0.05) is 10.1 Å². The molecule has 2 rings (SSSR count). The molecular formula is C13H13S-. The van der Waals surface area contributed by atoms with Crippen molar-refractivity contribution < 1.29 is 0 Å². The van der Waals surface area contributed by atoms with Gasteiger partial charge in [0.15, 0.2) is 0 Å². The van der Waals surface area contributed by atoms with Gasteiger partial charge >= 0.3 is 0 Å². The van der Waals surface area contributed by atoms with Crippen molar-refractivity contribution in [1.29, 1.82) is 0 Å². The maximum absolute atomic E-state index is 2.24. The first-order valence-electron chi connectivity index (χ1n) is 4.79. The molecule has 1 atom stereocenters. The lowest BCUT2D eigenvalue weighted by molar-refractivity contribution is 1.11. The molecule has 0 fully saturated rings. The monoisotopic (exact) mass is 201 g/mol. The predicted octanol–water partition coefficient (Wildman–Crippen LogP) is 4.26. The molecule has 0 radical (unpaired) electrons. The van der Waals surface area contributed by atoms with E-state index in [1.165, 1.54) is 10.5 Å². The summed E-state index contributed by atoms with van der Waals surface area (Å²) in [5.74, 6) is 0. The summed E-state index contributed by atoms with van der Waals surface area (Å²) in [6.45, 7) is 2.24. The van der Waals surface area contributed by atoms with Crippen LogP contribution in [0.1, 0.15) is 17.7 Å². The zero-order chi connectivity index (χ0) is 9.80. The van der Waals surface area contributed by atoms with Gasteiger partial charge in [0.1, 0.15) is 0 Å². The fourth-order valence-electron chi connectivity index (χ4n) is 1.43. The van der Waals surface area contributed by atoms with Gasteiger partial charge in [-0.1, -0.05) is 25.1 Å². The van der Waals surface area contributed by atoms with Gasteiger partial charge in [0.25, 0.3) is 0 Å². The molecule has 0 spiro atoms. The van der Waals surface area contributed by atoms with E-state index >= 15 is 0 Å². The smallest absolute Gasteiger partial charge is 0.00858 e. The maximum Gasteiger partial charge on any atom is 0.00858 e. The molecule has 0 amide bonds. The van der Waals surface area contributed by atoms with E-state index in [1.807, 2.05) is 11.8 Å². The van der Waals surface area contributed by atoms with Crippen LogP contribution in [0.3, 0.4) is 0 Å². The summed E-state index contributed by atoms with van der Waals surface area (Å²) < 4.78 is 0. The summed E-state index contributed by atoms with van der Waals surface area (Å²) in [4.78, 5) is 1.33. The Hall–Kier alpha value is -1.08. The van der Waals surface area contributed by atoms with E-state index in [0.29, 0.717) is 5.25 Å². The van der Waals surface area contributed by atoms with Gasteiger partial charge in [-0.25, -0.2) is 12.1 Å². The molecule has 0 aliphatic heterocycles. The first-order valence-corrected chi connectivity index (χ1v) is 5.67. The normalized spacial score (nSPS) is 12.6. The highest BCUT2D eigenvalue weighted by molar-refractivity contribution is 7.99. The minimum atomic E-state index is 0.535. The Labute approximate surface area is 89.3 Å². The van der Waals surface area contributed by atoms with Gasteiger partial charge in [0.2, 0.25) is 0 Å². The first-order chi connectivity index (χ1) is 6.86. The Morgan fingerprint density at radius 2 is 1.86 bits per heavy atom. The second-order valence-electron chi connectivity index (χ2n) is 3.29. The van der Waals surface area contributed by atoms with E-state index < -0.39 is 0 Å². The van der Waals surface area contributed by atoms with Gasteiger partial charge < -0.3 is 0 Å². The van der Waals surface area contributed by atoms with Crippen LogP contribution >= 0.6 is 11.8 Å². The largest absolute Gasteiger partial charge is 0.213 e. The number of hydrogen-bond donors (Lipinski definition) is 0. The average Bonchev–Trinajstić information content (AvgIpc) is 2.72. The van der Waals surface area contributed by atoms with Crippen LogP contribution in [-0.2, 0) is 0 Å². The van der Waals surface area contributed by atoms with Crippen LogP contribution in [0.5, 0.6) is 0 Å². The number of benzene rings is 1. The zero-order valence-corrected chi connectivity index (χ0v) is 9.00. The molecule has 1 unspecified atom stereocenters. The zero-order valence-electron chi connectivity index (χ0n) is 8.18. The first kappa shape index (κ1) is 9.47. The number of thioether (sulfide) groups is 1. The van der Waals surface area contributed by atoms with Crippen LogP contribution < -0.4 is 0 Å². The van der Waals surface area contributed by atoms with Crippen molar-refractivity contribution in [3.63, 3.8) is 0 Å². The van der Waals surface area contributed by atoms with Crippen LogP contribution in [0, 0.1) is 0 Å². The molecular weight excluding hydrogens is 188 g/mol. The second kappa shape index (κ2) is 4.43. The Morgan fingerprint density at radius 3 is 2.50 bits per heavy atom. The van der Waals surface area contributed by atoms with E-state index in [0.717, 1.165) is 0 Å². The van der Waals surface area contributed by atoms with Gasteiger partial charge in [-0.3, -0.25) is 0 Å². The van der Waals surface area contributed by atoms with Crippen molar-refractivity contribution in [2.45, 2.75) is 17.1 Å². The van der Waals surface area contributed by atoms with Crippen LogP contribution in [0.2, 0.25) is 0 Å². The van der Waals surface area contributed by atoms with Crippen LogP contribution in [-0.4, -0.2) is 0 Å². The summed E-state index contributed by atoms with van der Waals surface area (Å²) in [5.41, 5.74) is 1.40. The highest BCUT2D eigenvalue weighted by atomic mass is 32.2. The molecule has 0 N–H and O–H groups in total. The summed E-state index contributed by atoms with van der Waals surface area (Å²) in [7, 11) is 0. The van der Waals surface area contributed by atoms with Gasteiger partial charge in [0.05, 0.1) is 0 Å². The van der Waals surface area contributed by atoms with Gasteiger partial charge in [-0.2, -0.15) is 17.7 Å². The maximum atomic E-state index is 2.24. The van der Waals surface area contributed by atoms with Crippen molar-refractivity contribution in [2.75, 3.05) is 0 Å². The van der Waals surface area contributed by atoms with Gasteiger partial charge in [-0.05, 0) is 12.1 Å². The fourth-order valence-corrected chi connectivity index (χ4v) is 2.45. The highest BCUT2D eigenvalue weighted by Crippen LogP contribution is 2.34. The number of hydrogen-bond acceptors (Lipinski definition) is 1. The van der Waals surface area contributed by atoms with Crippen LogP contribution in [0.25, 0.3) is 0 Å². The molecule has 0 saturated heterocycles. The molecule has 0 aliphatic rings. The lowest BCUT2D eigenvalue weighted by Crippen LogP contribution is -1.83. The lowest BCUT2D eigenvalue weighted by atomic mass is 10.3. The average molecular weight is 201 g/mol. The van der Waals surface area contributed by atoms with Crippen molar-refractivity contribution in [2.24, 2.45) is 0 Å². The topological polar surface area (TPSA) is 0 Å².